The molecule has 0 atom stereocenters. The standard InChI is InChI=1S/C22H17N7/c1-2-4-19-18(3-1)22(28-21(27-19)17-7-9-23-10-8-17)26-14-16-5-6-20(25-13-16)29-12-11-24-15-29/h1-13,15H,14H2,(H,26,27,28). The molecule has 0 fully saturated rings. The highest BCUT2D eigenvalue weighted by Gasteiger charge is 2.09. The second kappa shape index (κ2) is 7.47. The number of para-hydroxylation sites is 1. The Labute approximate surface area is 167 Å². The van der Waals surface area contributed by atoms with E-state index in [9.17, 15) is 0 Å². The van der Waals surface area contributed by atoms with Crippen LogP contribution in [0, 0.1) is 0 Å². The van der Waals surface area contributed by atoms with Gasteiger partial charge >= 0.3 is 0 Å². The molecule has 4 aromatic heterocycles. The average molecular weight is 379 g/mol. The van der Waals surface area contributed by atoms with E-state index in [1.54, 1.807) is 24.9 Å². The Kier molecular flexibility index (Phi) is 4.38. The number of anilines is 1. The Morgan fingerprint density at radius 1 is 0.862 bits per heavy atom. The second-order valence-corrected chi connectivity index (χ2v) is 6.50. The first-order valence-corrected chi connectivity index (χ1v) is 9.21. The van der Waals surface area contributed by atoms with E-state index < -0.39 is 0 Å². The van der Waals surface area contributed by atoms with Gasteiger partial charge in [0.15, 0.2) is 5.82 Å². The number of pyridine rings is 2. The fourth-order valence-corrected chi connectivity index (χ4v) is 3.10. The van der Waals surface area contributed by atoms with Gasteiger partial charge in [0.05, 0.1) is 5.52 Å². The van der Waals surface area contributed by atoms with E-state index in [0.29, 0.717) is 12.4 Å². The van der Waals surface area contributed by atoms with Gasteiger partial charge in [-0.25, -0.2) is 19.9 Å². The Bertz CT molecular complexity index is 1230. The first-order valence-electron chi connectivity index (χ1n) is 9.21. The highest BCUT2D eigenvalue weighted by atomic mass is 15.1. The summed E-state index contributed by atoms with van der Waals surface area (Å²) in [5.41, 5.74) is 2.88. The quantitative estimate of drug-likeness (QED) is 0.499. The molecular formula is C22H17N7. The van der Waals surface area contributed by atoms with E-state index in [0.717, 1.165) is 33.7 Å². The molecule has 5 rings (SSSR count). The second-order valence-electron chi connectivity index (χ2n) is 6.50. The molecule has 0 saturated carbocycles. The molecule has 0 radical (unpaired) electrons. The summed E-state index contributed by atoms with van der Waals surface area (Å²) in [6, 6.07) is 15.8. The summed E-state index contributed by atoms with van der Waals surface area (Å²) in [6.07, 6.45) is 10.7. The van der Waals surface area contributed by atoms with Crippen molar-refractivity contribution in [3.63, 3.8) is 0 Å². The minimum absolute atomic E-state index is 0.605. The third-order valence-electron chi connectivity index (χ3n) is 4.58. The molecule has 0 spiro atoms. The van der Waals surface area contributed by atoms with Crippen molar-refractivity contribution in [2.45, 2.75) is 6.54 Å². The molecule has 0 bridgehead atoms. The van der Waals surface area contributed by atoms with Crippen LogP contribution in [0.25, 0.3) is 28.1 Å². The first kappa shape index (κ1) is 17.0. The Morgan fingerprint density at radius 3 is 2.55 bits per heavy atom. The van der Waals surface area contributed by atoms with E-state index in [1.165, 1.54) is 0 Å². The Morgan fingerprint density at radius 2 is 1.76 bits per heavy atom. The maximum Gasteiger partial charge on any atom is 0.162 e. The molecule has 7 heteroatoms. The summed E-state index contributed by atoms with van der Waals surface area (Å²) in [5.74, 6) is 2.29. The largest absolute Gasteiger partial charge is 0.365 e. The van der Waals surface area contributed by atoms with Gasteiger partial charge in [-0.1, -0.05) is 18.2 Å². The predicted octanol–water partition coefficient (Wildman–Crippen LogP) is 3.88. The van der Waals surface area contributed by atoms with Gasteiger partial charge in [-0.05, 0) is 35.9 Å². The summed E-state index contributed by atoms with van der Waals surface area (Å²) in [6.45, 7) is 0.605. The number of imidazole rings is 1. The van der Waals surface area contributed by atoms with Gasteiger partial charge in [-0.15, -0.1) is 0 Å². The maximum absolute atomic E-state index is 4.76. The monoisotopic (exact) mass is 379 g/mol. The van der Waals surface area contributed by atoms with Gasteiger partial charge in [0.2, 0.25) is 0 Å². The van der Waals surface area contributed by atoms with Crippen LogP contribution in [0.2, 0.25) is 0 Å². The summed E-state index contributed by atoms with van der Waals surface area (Å²) in [4.78, 5) is 22.1. The van der Waals surface area contributed by atoms with Crippen molar-refractivity contribution in [3.8, 4) is 17.2 Å². The number of rotatable bonds is 5. The molecule has 0 aliphatic heterocycles. The van der Waals surface area contributed by atoms with Gasteiger partial charge < -0.3 is 5.32 Å². The molecule has 29 heavy (non-hydrogen) atoms. The Balaban J connectivity index is 1.44. The van der Waals surface area contributed by atoms with E-state index in [2.05, 4.69) is 20.3 Å². The van der Waals surface area contributed by atoms with Crippen LogP contribution < -0.4 is 5.32 Å². The number of hydrogen-bond donors (Lipinski definition) is 1. The van der Waals surface area contributed by atoms with Crippen LogP contribution in [0.4, 0.5) is 5.82 Å². The molecule has 5 aromatic rings. The topological polar surface area (TPSA) is 81.4 Å². The molecule has 4 heterocycles. The lowest BCUT2D eigenvalue weighted by Gasteiger charge is -2.11. The molecule has 0 aliphatic carbocycles. The third-order valence-corrected chi connectivity index (χ3v) is 4.58. The van der Waals surface area contributed by atoms with Crippen molar-refractivity contribution in [1.29, 1.82) is 0 Å². The fraction of sp³-hybridized carbons (Fsp3) is 0.0455. The van der Waals surface area contributed by atoms with E-state index in [1.807, 2.05) is 65.5 Å². The summed E-state index contributed by atoms with van der Waals surface area (Å²) < 4.78 is 1.87. The fourth-order valence-electron chi connectivity index (χ4n) is 3.10. The van der Waals surface area contributed by atoms with Gasteiger partial charge in [0.25, 0.3) is 0 Å². The smallest absolute Gasteiger partial charge is 0.162 e. The molecular weight excluding hydrogens is 362 g/mol. The zero-order valence-corrected chi connectivity index (χ0v) is 15.5. The van der Waals surface area contributed by atoms with Crippen LogP contribution in [0.15, 0.2) is 85.8 Å². The van der Waals surface area contributed by atoms with Crippen LogP contribution in [0.5, 0.6) is 0 Å². The van der Waals surface area contributed by atoms with E-state index in [4.69, 9.17) is 9.97 Å². The third kappa shape index (κ3) is 3.53. The van der Waals surface area contributed by atoms with Gasteiger partial charge in [0, 0.05) is 48.5 Å². The number of aromatic nitrogens is 6. The number of nitrogens with one attached hydrogen (secondary N) is 1. The molecule has 0 amide bonds. The van der Waals surface area contributed by atoms with Gasteiger partial charge in [-0.2, -0.15) is 0 Å². The number of nitrogens with zero attached hydrogens (tertiary/aromatic N) is 6. The van der Waals surface area contributed by atoms with Gasteiger partial charge in [-0.3, -0.25) is 9.55 Å². The molecule has 0 saturated heterocycles. The summed E-state index contributed by atoms with van der Waals surface area (Å²) >= 11 is 0. The lowest BCUT2D eigenvalue weighted by molar-refractivity contribution is 0.977. The van der Waals surface area contributed by atoms with Crippen molar-refractivity contribution in [3.05, 3.63) is 91.4 Å². The molecule has 0 aliphatic rings. The minimum atomic E-state index is 0.605. The van der Waals surface area contributed by atoms with E-state index in [-0.39, 0.29) is 0 Å². The summed E-state index contributed by atoms with van der Waals surface area (Å²) in [5, 5.41) is 4.42. The van der Waals surface area contributed by atoms with E-state index >= 15 is 0 Å². The lowest BCUT2D eigenvalue weighted by Crippen LogP contribution is -2.05. The average Bonchev–Trinajstić information content (AvgIpc) is 3.33. The highest BCUT2D eigenvalue weighted by molar-refractivity contribution is 5.90. The predicted molar refractivity (Wildman–Crippen MR) is 111 cm³/mol. The maximum atomic E-state index is 4.76. The van der Waals surface area contributed by atoms with Crippen molar-refractivity contribution < 1.29 is 0 Å². The van der Waals surface area contributed by atoms with Crippen LogP contribution in [-0.2, 0) is 6.54 Å². The van der Waals surface area contributed by atoms with Crippen molar-refractivity contribution in [2.75, 3.05) is 5.32 Å². The molecule has 0 unspecified atom stereocenters. The molecule has 140 valence electrons. The first-order chi connectivity index (χ1) is 14.4. The van der Waals surface area contributed by atoms with Crippen LogP contribution in [0.3, 0.4) is 0 Å². The van der Waals surface area contributed by atoms with Crippen molar-refractivity contribution >= 4 is 16.7 Å². The van der Waals surface area contributed by atoms with Crippen LogP contribution in [0.1, 0.15) is 5.56 Å². The molecule has 1 N–H and O–H groups in total. The Hall–Kier alpha value is -4.13. The minimum Gasteiger partial charge on any atom is -0.365 e. The van der Waals surface area contributed by atoms with Crippen LogP contribution >= 0.6 is 0 Å². The highest BCUT2D eigenvalue weighted by Crippen LogP contribution is 2.25. The number of hydrogen-bond acceptors (Lipinski definition) is 6. The summed E-state index contributed by atoms with van der Waals surface area (Å²) in [7, 11) is 0. The zero-order chi connectivity index (χ0) is 19.5. The van der Waals surface area contributed by atoms with Crippen LogP contribution in [-0.4, -0.2) is 29.5 Å². The zero-order valence-electron chi connectivity index (χ0n) is 15.5. The molecule has 1 aromatic carbocycles. The number of fused-ring (bicyclic) bond motifs is 1. The van der Waals surface area contributed by atoms with Crippen molar-refractivity contribution in [2.24, 2.45) is 0 Å². The lowest BCUT2D eigenvalue weighted by atomic mass is 10.2. The normalized spacial score (nSPS) is 10.9. The van der Waals surface area contributed by atoms with Crippen molar-refractivity contribution in [1.82, 2.24) is 29.5 Å². The van der Waals surface area contributed by atoms with Gasteiger partial charge in [0.1, 0.15) is 18.0 Å². The SMILES string of the molecule is c1ccc2c(NCc3ccc(-n4ccnc4)nc3)nc(-c3ccncc3)nc2c1. The number of benzene rings is 1. The molecule has 7 nitrogen and oxygen atoms in total.